The van der Waals surface area contributed by atoms with Gasteiger partial charge in [0.25, 0.3) is 5.56 Å². The summed E-state index contributed by atoms with van der Waals surface area (Å²) in [7, 11) is 1.27. The van der Waals surface area contributed by atoms with Crippen LogP contribution in [0.25, 0.3) is 6.08 Å². The number of nitrogens with zero attached hydrogens (tertiary/aromatic N) is 2. The number of carbonyl (C=O) groups is 2. The van der Waals surface area contributed by atoms with Crippen LogP contribution >= 0.6 is 27.3 Å². The maximum atomic E-state index is 13.8. The lowest BCUT2D eigenvalue weighted by Crippen LogP contribution is -2.40. The van der Waals surface area contributed by atoms with Crippen LogP contribution in [0.3, 0.4) is 0 Å². The van der Waals surface area contributed by atoms with E-state index in [1.165, 1.54) is 23.0 Å². The molecule has 0 saturated carbocycles. The van der Waals surface area contributed by atoms with Crippen molar-refractivity contribution in [2.45, 2.75) is 26.8 Å². The zero-order valence-corrected chi connectivity index (χ0v) is 24.3. The van der Waals surface area contributed by atoms with Crippen molar-refractivity contribution in [2.75, 3.05) is 26.9 Å². The number of allylic oxidation sites excluding steroid dienone is 1. The topological polar surface area (TPSA) is 105 Å². The molecule has 1 aromatic heterocycles. The number of esters is 2. The second-order valence-corrected chi connectivity index (χ2v) is 10.3. The van der Waals surface area contributed by atoms with Gasteiger partial charge in [-0.05, 0) is 62.2 Å². The van der Waals surface area contributed by atoms with Crippen molar-refractivity contribution in [3.63, 3.8) is 0 Å². The summed E-state index contributed by atoms with van der Waals surface area (Å²) in [5, 5.41) is 0. The lowest BCUT2D eigenvalue weighted by Gasteiger charge is -2.25. The van der Waals surface area contributed by atoms with Gasteiger partial charge < -0.3 is 18.9 Å². The first kappa shape index (κ1) is 28.3. The molecule has 0 aliphatic carbocycles. The van der Waals surface area contributed by atoms with Crippen LogP contribution in [-0.2, 0) is 19.1 Å². The SMILES string of the molecule is CCOC(=O)C1=C(C)N=c2s/c(=C\c3cccc(Br)c3)c(=O)n2[C@@H]1c1ccc(OCC(=O)OC)c(OCC)c1. The molecular formula is C28H27BrN2O7S. The van der Waals surface area contributed by atoms with Crippen LogP contribution in [0.15, 0.2) is 68.0 Å². The highest BCUT2D eigenvalue weighted by Crippen LogP contribution is 2.36. The number of methoxy groups -OCH3 is 1. The summed E-state index contributed by atoms with van der Waals surface area (Å²) >= 11 is 4.70. The molecule has 0 amide bonds. The van der Waals surface area contributed by atoms with E-state index in [4.69, 9.17) is 14.2 Å². The molecule has 39 heavy (non-hydrogen) atoms. The van der Waals surface area contributed by atoms with E-state index in [9.17, 15) is 14.4 Å². The maximum Gasteiger partial charge on any atom is 0.343 e. The standard InChI is InChI=1S/C28H27BrN2O7S/c1-5-36-21-14-18(10-11-20(21)38-15-23(32)35-4)25-24(27(34)37-6-2)16(3)30-28-31(25)26(33)22(39-28)13-17-8-7-9-19(29)12-17/h7-14,25H,5-6,15H2,1-4H3/b22-13-/t25-/m1/s1. The van der Waals surface area contributed by atoms with Crippen molar-refractivity contribution in [3.8, 4) is 11.5 Å². The molecule has 4 rings (SSSR count). The molecule has 0 spiro atoms. The minimum Gasteiger partial charge on any atom is -0.490 e. The van der Waals surface area contributed by atoms with Gasteiger partial charge in [0, 0.05) is 4.47 Å². The maximum absolute atomic E-state index is 13.8. The molecule has 11 heteroatoms. The van der Waals surface area contributed by atoms with E-state index in [0.29, 0.717) is 38.7 Å². The molecule has 1 atom stereocenters. The Kier molecular flexibility index (Phi) is 9.03. The molecule has 0 saturated heterocycles. The largest absolute Gasteiger partial charge is 0.490 e. The van der Waals surface area contributed by atoms with Gasteiger partial charge in [-0.15, -0.1) is 0 Å². The molecule has 0 bridgehead atoms. The lowest BCUT2D eigenvalue weighted by molar-refractivity contribution is -0.143. The van der Waals surface area contributed by atoms with E-state index < -0.39 is 18.0 Å². The summed E-state index contributed by atoms with van der Waals surface area (Å²) in [5.41, 5.74) is 1.86. The second kappa shape index (κ2) is 12.4. The van der Waals surface area contributed by atoms with E-state index >= 15 is 0 Å². The van der Waals surface area contributed by atoms with Crippen molar-refractivity contribution in [2.24, 2.45) is 4.99 Å². The summed E-state index contributed by atoms with van der Waals surface area (Å²) < 4.78 is 24.3. The van der Waals surface area contributed by atoms with Gasteiger partial charge in [-0.25, -0.2) is 14.6 Å². The summed E-state index contributed by atoms with van der Waals surface area (Å²) in [6.45, 7) is 5.45. The highest BCUT2D eigenvalue weighted by Gasteiger charge is 2.34. The fraction of sp³-hybridized carbons (Fsp3) is 0.286. The Balaban J connectivity index is 1.90. The number of ether oxygens (including phenoxy) is 4. The second-order valence-electron chi connectivity index (χ2n) is 8.36. The summed E-state index contributed by atoms with van der Waals surface area (Å²) in [4.78, 5) is 43.6. The lowest BCUT2D eigenvalue weighted by atomic mass is 9.95. The number of hydrogen-bond acceptors (Lipinski definition) is 9. The molecule has 9 nitrogen and oxygen atoms in total. The highest BCUT2D eigenvalue weighted by atomic mass is 79.9. The smallest absolute Gasteiger partial charge is 0.343 e. The Bertz CT molecular complexity index is 1620. The number of fused-ring (bicyclic) bond motifs is 1. The zero-order valence-electron chi connectivity index (χ0n) is 21.9. The van der Waals surface area contributed by atoms with Gasteiger partial charge in [-0.2, -0.15) is 0 Å². The monoisotopic (exact) mass is 614 g/mol. The van der Waals surface area contributed by atoms with Crippen LogP contribution in [0.5, 0.6) is 11.5 Å². The van der Waals surface area contributed by atoms with Gasteiger partial charge in [0.05, 0.1) is 42.2 Å². The van der Waals surface area contributed by atoms with E-state index in [1.54, 1.807) is 38.1 Å². The minimum atomic E-state index is -0.821. The third-order valence-corrected chi connectivity index (χ3v) is 7.30. The van der Waals surface area contributed by atoms with Crippen molar-refractivity contribution in [1.82, 2.24) is 4.57 Å². The molecular weight excluding hydrogens is 588 g/mol. The molecule has 0 N–H and O–H groups in total. The van der Waals surface area contributed by atoms with Gasteiger partial charge in [-0.1, -0.05) is 45.5 Å². The predicted molar refractivity (Wildman–Crippen MR) is 150 cm³/mol. The van der Waals surface area contributed by atoms with Crippen LogP contribution in [0, 0.1) is 0 Å². The van der Waals surface area contributed by atoms with Gasteiger partial charge in [0.15, 0.2) is 22.9 Å². The quantitative estimate of drug-likeness (QED) is 0.340. The van der Waals surface area contributed by atoms with Gasteiger partial charge in [0.2, 0.25) is 0 Å². The van der Waals surface area contributed by atoms with E-state index in [0.717, 1.165) is 10.0 Å². The van der Waals surface area contributed by atoms with E-state index in [2.05, 4.69) is 25.7 Å². The van der Waals surface area contributed by atoms with E-state index in [-0.39, 0.29) is 24.3 Å². The van der Waals surface area contributed by atoms with Crippen LogP contribution in [0.2, 0.25) is 0 Å². The van der Waals surface area contributed by atoms with Crippen molar-refractivity contribution in [1.29, 1.82) is 0 Å². The zero-order chi connectivity index (χ0) is 28.1. The van der Waals surface area contributed by atoms with Crippen LogP contribution in [-0.4, -0.2) is 43.4 Å². The summed E-state index contributed by atoms with van der Waals surface area (Å²) in [6, 6.07) is 11.8. The fourth-order valence-electron chi connectivity index (χ4n) is 4.13. The number of halogens is 1. The van der Waals surface area contributed by atoms with Crippen LogP contribution in [0.1, 0.15) is 37.9 Å². The Morgan fingerprint density at radius 1 is 1.10 bits per heavy atom. The average Bonchev–Trinajstić information content (AvgIpc) is 3.21. The number of aromatic nitrogens is 1. The Morgan fingerprint density at radius 3 is 2.59 bits per heavy atom. The van der Waals surface area contributed by atoms with Crippen molar-refractivity contribution >= 4 is 45.3 Å². The van der Waals surface area contributed by atoms with Crippen molar-refractivity contribution < 1.29 is 28.5 Å². The minimum absolute atomic E-state index is 0.167. The van der Waals surface area contributed by atoms with Crippen LogP contribution < -0.4 is 24.4 Å². The van der Waals surface area contributed by atoms with Gasteiger partial charge >= 0.3 is 11.9 Å². The first-order valence-electron chi connectivity index (χ1n) is 12.2. The summed E-state index contributed by atoms with van der Waals surface area (Å²) in [6.07, 6.45) is 1.80. The molecule has 2 aromatic carbocycles. The molecule has 0 radical (unpaired) electrons. The fourth-order valence-corrected chi connectivity index (χ4v) is 5.60. The molecule has 1 aliphatic rings. The molecule has 0 fully saturated rings. The predicted octanol–water partition coefficient (Wildman–Crippen LogP) is 3.51. The van der Waals surface area contributed by atoms with Crippen molar-refractivity contribution in [3.05, 3.63) is 89.0 Å². The first-order chi connectivity index (χ1) is 18.8. The Hall–Kier alpha value is -3.70. The molecule has 2 heterocycles. The average molecular weight is 616 g/mol. The van der Waals surface area contributed by atoms with Crippen LogP contribution in [0.4, 0.5) is 0 Å². The van der Waals surface area contributed by atoms with Gasteiger partial charge in [-0.3, -0.25) is 9.36 Å². The number of carbonyl (C=O) groups excluding carboxylic acids is 2. The number of thiazole rings is 1. The molecule has 0 unspecified atom stereocenters. The third-order valence-electron chi connectivity index (χ3n) is 5.82. The first-order valence-corrected chi connectivity index (χ1v) is 13.8. The normalized spacial score (nSPS) is 14.9. The number of benzene rings is 2. The third kappa shape index (κ3) is 6.15. The molecule has 204 valence electrons. The van der Waals surface area contributed by atoms with Gasteiger partial charge in [0.1, 0.15) is 0 Å². The number of hydrogen-bond donors (Lipinski definition) is 0. The Labute approximate surface area is 237 Å². The Morgan fingerprint density at radius 2 is 1.90 bits per heavy atom. The van der Waals surface area contributed by atoms with E-state index in [1.807, 2.05) is 31.2 Å². The molecule has 1 aliphatic heterocycles. The summed E-state index contributed by atoms with van der Waals surface area (Å²) in [5.74, 6) is -0.421. The number of rotatable bonds is 9. The highest BCUT2D eigenvalue weighted by molar-refractivity contribution is 9.10. The molecule has 3 aromatic rings.